The third-order valence-corrected chi connectivity index (χ3v) is 3.84. The lowest BCUT2D eigenvalue weighted by Gasteiger charge is -2.21. The molecule has 2 N–H and O–H groups in total. The van der Waals surface area contributed by atoms with Gasteiger partial charge in [-0.3, -0.25) is 14.4 Å². The molecule has 2 aromatic carbocycles. The molecule has 0 saturated heterocycles. The molecule has 7 heteroatoms. The number of hydrogen-bond acceptors (Lipinski definition) is 3. The van der Waals surface area contributed by atoms with E-state index in [1.54, 1.807) is 42.5 Å². The molecule has 0 bridgehead atoms. The Morgan fingerprint density at radius 1 is 0.963 bits per heavy atom. The zero-order chi connectivity index (χ0) is 19.8. The number of hydrogen-bond donors (Lipinski definition) is 2. The SMILES string of the molecule is CC(=O)Nc1cccc(NC(=O)CCN(Cc2ccccc2F)C(C)=O)c1. The minimum Gasteiger partial charge on any atom is -0.338 e. The molecule has 6 nitrogen and oxygen atoms in total. The maximum atomic E-state index is 13.8. The number of nitrogens with one attached hydrogen (secondary N) is 2. The molecule has 0 aromatic heterocycles. The maximum absolute atomic E-state index is 13.8. The Morgan fingerprint density at radius 3 is 2.26 bits per heavy atom. The van der Waals surface area contributed by atoms with E-state index >= 15 is 0 Å². The first-order valence-corrected chi connectivity index (χ1v) is 8.51. The van der Waals surface area contributed by atoms with Crippen molar-refractivity contribution in [2.24, 2.45) is 0 Å². The molecule has 0 atom stereocenters. The van der Waals surface area contributed by atoms with E-state index in [4.69, 9.17) is 0 Å². The van der Waals surface area contributed by atoms with Crippen molar-refractivity contribution in [3.8, 4) is 0 Å². The van der Waals surface area contributed by atoms with Crippen molar-refractivity contribution >= 4 is 29.1 Å². The van der Waals surface area contributed by atoms with Gasteiger partial charge in [-0.2, -0.15) is 0 Å². The summed E-state index contributed by atoms with van der Waals surface area (Å²) in [5, 5.41) is 5.36. The predicted octanol–water partition coefficient (Wildman–Crippen LogP) is 3.16. The van der Waals surface area contributed by atoms with Gasteiger partial charge in [-0.1, -0.05) is 24.3 Å². The van der Waals surface area contributed by atoms with Gasteiger partial charge in [0.25, 0.3) is 0 Å². The van der Waals surface area contributed by atoms with Gasteiger partial charge in [0.2, 0.25) is 17.7 Å². The van der Waals surface area contributed by atoms with Crippen LogP contribution in [0.15, 0.2) is 48.5 Å². The fraction of sp³-hybridized carbons (Fsp3) is 0.250. The highest BCUT2D eigenvalue weighted by molar-refractivity contribution is 5.93. The third kappa shape index (κ3) is 6.54. The Labute approximate surface area is 157 Å². The zero-order valence-corrected chi connectivity index (χ0v) is 15.3. The van der Waals surface area contributed by atoms with Gasteiger partial charge in [0.05, 0.1) is 0 Å². The van der Waals surface area contributed by atoms with E-state index in [2.05, 4.69) is 10.6 Å². The summed E-state index contributed by atoms with van der Waals surface area (Å²) >= 11 is 0. The summed E-state index contributed by atoms with van der Waals surface area (Å²) in [4.78, 5) is 36.5. The number of benzene rings is 2. The highest BCUT2D eigenvalue weighted by Gasteiger charge is 2.14. The lowest BCUT2D eigenvalue weighted by molar-refractivity contribution is -0.130. The van der Waals surface area contributed by atoms with Gasteiger partial charge < -0.3 is 15.5 Å². The van der Waals surface area contributed by atoms with E-state index in [0.29, 0.717) is 16.9 Å². The van der Waals surface area contributed by atoms with Gasteiger partial charge in [-0.15, -0.1) is 0 Å². The van der Waals surface area contributed by atoms with Crippen LogP contribution in [0, 0.1) is 5.82 Å². The molecule has 0 aliphatic rings. The van der Waals surface area contributed by atoms with Crippen LogP contribution < -0.4 is 10.6 Å². The Morgan fingerprint density at radius 2 is 1.63 bits per heavy atom. The number of anilines is 2. The van der Waals surface area contributed by atoms with Crippen molar-refractivity contribution in [3.05, 3.63) is 59.9 Å². The van der Waals surface area contributed by atoms with Crippen LogP contribution in [0.2, 0.25) is 0 Å². The topological polar surface area (TPSA) is 78.5 Å². The van der Waals surface area contributed by atoms with Crippen molar-refractivity contribution in [3.63, 3.8) is 0 Å². The summed E-state index contributed by atoms with van der Waals surface area (Å²) < 4.78 is 13.8. The van der Waals surface area contributed by atoms with Crippen LogP contribution in [0.3, 0.4) is 0 Å². The Balaban J connectivity index is 1.93. The molecule has 0 aliphatic carbocycles. The van der Waals surface area contributed by atoms with Crippen molar-refractivity contribution in [1.29, 1.82) is 0 Å². The van der Waals surface area contributed by atoms with Crippen molar-refractivity contribution in [2.45, 2.75) is 26.8 Å². The van der Waals surface area contributed by atoms with E-state index < -0.39 is 0 Å². The number of carbonyl (C=O) groups is 3. The van der Waals surface area contributed by atoms with Crippen molar-refractivity contribution < 1.29 is 18.8 Å². The van der Waals surface area contributed by atoms with Crippen LogP contribution in [0.1, 0.15) is 25.8 Å². The number of carbonyl (C=O) groups excluding carboxylic acids is 3. The Hall–Kier alpha value is -3.22. The molecule has 2 rings (SSSR count). The van der Waals surface area contributed by atoms with E-state index in [1.807, 2.05) is 0 Å². The predicted molar refractivity (Wildman–Crippen MR) is 101 cm³/mol. The Kier molecular flexibility index (Phi) is 7.05. The molecule has 3 amide bonds. The van der Waals surface area contributed by atoms with Crippen LogP contribution in [0.5, 0.6) is 0 Å². The second kappa shape index (κ2) is 9.47. The highest BCUT2D eigenvalue weighted by Crippen LogP contribution is 2.16. The molecule has 27 heavy (non-hydrogen) atoms. The van der Waals surface area contributed by atoms with Gasteiger partial charge in [-0.05, 0) is 24.3 Å². The second-order valence-electron chi connectivity index (χ2n) is 6.09. The number of amides is 3. The Bertz CT molecular complexity index is 839. The normalized spacial score (nSPS) is 10.2. The van der Waals surface area contributed by atoms with E-state index in [-0.39, 0.29) is 43.0 Å². The van der Waals surface area contributed by atoms with Crippen molar-refractivity contribution in [2.75, 3.05) is 17.2 Å². The molecule has 0 saturated carbocycles. The number of halogens is 1. The van der Waals surface area contributed by atoms with E-state index in [0.717, 1.165) is 0 Å². The summed E-state index contributed by atoms with van der Waals surface area (Å²) in [7, 11) is 0. The maximum Gasteiger partial charge on any atom is 0.226 e. The molecular formula is C20H22FN3O3. The lowest BCUT2D eigenvalue weighted by Crippen LogP contribution is -2.31. The summed E-state index contributed by atoms with van der Waals surface area (Å²) in [6.07, 6.45) is 0.0679. The fourth-order valence-electron chi connectivity index (χ4n) is 2.52. The summed E-state index contributed by atoms with van der Waals surface area (Å²) in [5.41, 5.74) is 1.51. The van der Waals surface area contributed by atoms with Gasteiger partial charge >= 0.3 is 0 Å². The summed E-state index contributed by atoms with van der Waals surface area (Å²) in [6, 6.07) is 13.0. The lowest BCUT2D eigenvalue weighted by atomic mass is 10.2. The molecule has 142 valence electrons. The number of nitrogens with zero attached hydrogens (tertiary/aromatic N) is 1. The first-order chi connectivity index (χ1) is 12.8. The minimum atomic E-state index is -0.386. The molecule has 0 heterocycles. The molecule has 0 fully saturated rings. The summed E-state index contributed by atoms with van der Waals surface area (Å²) in [5.74, 6) is -1.11. The van der Waals surface area contributed by atoms with Crippen LogP contribution in [0.25, 0.3) is 0 Å². The van der Waals surface area contributed by atoms with Crippen LogP contribution in [-0.4, -0.2) is 29.2 Å². The quantitative estimate of drug-likeness (QED) is 0.785. The largest absolute Gasteiger partial charge is 0.338 e. The molecular weight excluding hydrogens is 349 g/mol. The third-order valence-electron chi connectivity index (χ3n) is 3.84. The summed E-state index contributed by atoms with van der Waals surface area (Å²) in [6.45, 7) is 3.06. The van der Waals surface area contributed by atoms with Crippen LogP contribution >= 0.6 is 0 Å². The highest BCUT2D eigenvalue weighted by atomic mass is 19.1. The number of rotatable bonds is 7. The fourth-order valence-corrected chi connectivity index (χ4v) is 2.52. The van der Waals surface area contributed by atoms with Gasteiger partial charge in [0, 0.05) is 50.3 Å². The molecule has 0 spiro atoms. The average molecular weight is 371 g/mol. The van der Waals surface area contributed by atoms with Crippen LogP contribution in [-0.2, 0) is 20.9 Å². The van der Waals surface area contributed by atoms with Gasteiger partial charge in [-0.25, -0.2) is 4.39 Å². The van der Waals surface area contributed by atoms with Gasteiger partial charge in [0.15, 0.2) is 0 Å². The average Bonchev–Trinajstić information content (AvgIpc) is 2.59. The molecule has 0 radical (unpaired) electrons. The molecule has 0 unspecified atom stereocenters. The minimum absolute atomic E-state index is 0.0679. The van der Waals surface area contributed by atoms with E-state index in [9.17, 15) is 18.8 Å². The zero-order valence-electron chi connectivity index (χ0n) is 15.3. The van der Waals surface area contributed by atoms with Gasteiger partial charge in [0.1, 0.15) is 5.82 Å². The first kappa shape index (κ1) is 20.1. The second-order valence-corrected chi connectivity index (χ2v) is 6.09. The first-order valence-electron chi connectivity index (χ1n) is 8.51. The molecule has 0 aliphatic heterocycles. The standard InChI is InChI=1S/C20H22FN3O3/c1-14(25)22-17-7-5-8-18(12-17)23-20(27)10-11-24(15(2)26)13-16-6-3-4-9-19(16)21/h3-9,12H,10-11,13H2,1-2H3,(H,22,25)(H,23,27). The van der Waals surface area contributed by atoms with Crippen molar-refractivity contribution in [1.82, 2.24) is 4.90 Å². The monoisotopic (exact) mass is 371 g/mol. The molecule has 2 aromatic rings. The van der Waals surface area contributed by atoms with Crippen LogP contribution in [0.4, 0.5) is 15.8 Å². The smallest absolute Gasteiger partial charge is 0.226 e. The van der Waals surface area contributed by atoms with E-state index in [1.165, 1.54) is 24.8 Å².